The first-order chi connectivity index (χ1) is 7.99. The Labute approximate surface area is 97.9 Å². The van der Waals surface area contributed by atoms with Crippen molar-refractivity contribution >= 4 is 5.97 Å². The van der Waals surface area contributed by atoms with Crippen LogP contribution < -0.4 is 0 Å². The molecule has 2 aromatic rings. The molecule has 0 radical (unpaired) electrons. The highest BCUT2D eigenvalue weighted by atomic mass is 16.4. The van der Waals surface area contributed by atoms with Crippen LogP contribution >= 0.6 is 0 Å². The fourth-order valence-corrected chi connectivity index (χ4v) is 1.68. The maximum Gasteiger partial charge on any atom is 0.356 e. The molecule has 88 valence electrons. The average molecular weight is 232 g/mol. The van der Waals surface area contributed by atoms with Crippen molar-refractivity contribution in [3.63, 3.8) is 0 Å². The molecule has 0 saturated carbocycles. The number of nitrogens with zero attached hydrogens (tertiary/aromatic N) is 2. The molecule has 0 unspecified atom stereocenters. The van der Waals surface area contributed by atoms with E-state index in [2.05, 4.69) is 5.10 Å². The monoisotopic (exact) mass is 232 g/mol. The van der Waals surface area contributed by atoms with Gasteiger partial charge in [-0.15, -0.1) is 0 Å². The molecule has 0 aliphatic heterocycles. The number of carboxylic acids is 1. The second kappa shape index (κ2) is 3.93. The van der Waals surface area contributed by atoms with Gasteiger partial charge in [0.25, 0.3) is 0 Å². The van der Waals surface area contributed by atoms with Gasteiger partial charge in [0.15, 0.2) is 5.69 Å². The third-order valence-electron chi connectivity index (χ3n) is 2.53. The van der Waals surface area contributed by atoms with Crippen molar-refractivity contribution < 1.29 is 15.0 Å². The Hall–Kier alpha value is -2.30. The summed E-state index contributed by atoms with van der Waals surface area (Å²) in [5.74, 6) is -0.977. The maximum atomic E-state index is 10.8. The summed E-state index contributed by atoms with van der Waals surface area (Å²) in [6.45, 7) is 1.90. The third kappa shape index (κ3) is 1.99. The van der Waals surface area contributed by atoms with Crippen molar-refractivity contribution in [3.05, 3.63) is 35.5 Å². The van der Waals surface area contributed by atoms with E-state index in [-0.39, 0.29) is 11.4 Å². The third-order valence-corrected chi connectivity index (χ3v) is 2.53. The minimum absolute atomic E-state index is 0.0385. The highest BCUT2D eigenvalue weighted by molar-refractivity contribution is 5.87. The molecule has 5 heteroatoms. The van der Waals surface area contributed by atoms with Gasteiger partial charge in [-0.2, -0.15) is 5.10 Å². The van der Waals surface area contributed by atoms with E-state index >= 15 is 0 Å². The standard InChI is InChI=1S/C12H12N2O3/c1-7-3-4-11(15)8(5-7)10-6-9(12(16)17)13-14(10)2/h3-6,15H,1-2H3,(H,16,17). The fraction of sp³-hybridized carbons (Fsp3) is 0.167. The highest BCUT2D eigenvalue weighted by Gasteiger charge is 2.14. The number of rotatable bonds is 2. The lowest BCUT2D eigenvalue weighted by molar-refractivity contribution is 0.0689. The molecule has 0 amide bonds. The zero-order chi connectivity index (χ0) is 12.6. The lowest BCUT2D eigenvalue weighted by Gasteiger charge is -2.05. The molecule has 1 aromatic heterocycles. The molecule has 0 fully saturated rings. The Kier molecular flexibility index (Phi) is 2.59. The van der Waals surface area contributed by atoms with Crippen molar-refractivity contribution in [2.24, 2.45) is 7.05 Å². The van der Waals surface area contributed by atoms with Crippen LogP contribution in [0.2, 0.25) is 0 Å². The van der Waals surface area contributed by atoms with Crippen LogP contribution in [0.3, 0.4) is 0 Å². The number of aromatic nitrogens is 2. The smallest absolute Gasteiger partial charge is 0.356 e. The summed E-state index contributed by atoms with van der Waals surface area (Å²) < 4.78 is 1.44. The maximum absolute atomic E-state index is 10.8. The van der Waals surface area contributed by atoms with Crippen LogP contribution in [0.25, 0.3) is 11.3 Å². The van der Waals surface area contributed by atoms with Crippen LogP contribution in [0, 0.1) is 6.92 Å². The number of hydrogen-bond donors (Lipinski definition) is 2. The molecular formula is C12H12N2O3. The van der Waals surface area contributed by atoms with Crippen molar-refractivity contribution in [3.8, 4) is 17.0 Å². The Balaban J connectivity index is 2.60. The molecule has 1 heterocycles. The predicted molar refractivity (Wildman–Crippen MR) is 62.0 cm³/mol. The Morgan fingerprint density at radius 2 is 2.06 bits per heavy atom. The van der Waals surface area contributed by atoms with Crippen molar-refractivity contribution in [2.75, 3.05) is 0 Å². The summed E-state index contributed by atoms with van der Waals surface area (Å²) in [6.07, 6.45) is 0. The molecule has 0 aliphatic rings. The van der Waals surface area contributed by atoms with E-state index < -0.39 is 5.97 Å². The lowest BCUT2D eigenvalue weighted by atomic mass is 10.1. The molecule has 17 heavy (non-hydrogen) atoms. The first kappa shape index (κ1) is 11.2. The van der Waals surface area contributed by atoms with Gasteiger partial charge in [0.2, 0.25) is 0 Å². The minimum Gasteiger partial charge on any atom is -0.507 e. The van der Waals surface area contributed by atoms with Gasteiger partial charge in [-0.05, 0) is 25.1 Å². The van der Waals surface area contributed by atoms with Crippen LogP contribution in [-0.4, -0.2) is 26.0 Å². The van der Waals surface area contributed by atoms with Gasteiger partial charge in [-0.1, -0.05) is 11.6 Å². The predicted octanol–water partition coefficient (Wildman–Crippen LogP) is 1.80. The number of aromatic hydroxyl groups is 1. The summed E-state index contributed by atoms with van der Waals surface area (Å²) in [6, 6.07) is 6.60. The van der Waals surface area contributed by atoms with Crippen molar-refractivity contribution in [2.45, 2.75) is 6.92 Å². The number of benzene rings is 1. The lowest BCUT2D eigenvalue weighted by Crippen LogP contribution is -1.99. The van der Waals surface area contributed by atoms with Crippen LogP contribution in [0.4, 0.5) is 0 Å². The van der Waals surface area contributed by atoms with Crippen LogP contribution in [0.5, 0.6) is 5.75 Å². The molecule has 2 rings (SSSR count). The number of carboxylic acid groups (broad SMARTS) is 1. The highest BCUT2D eigenvalue weighted by Crippen LogP contribution is 2.30. The van der Waals surface area contributed by atoms with Gasteiger partial charge in [-0.3, -0.25) is 4.68 Å². The normalized spacial score (nSPS) is 10.5. The minimum atomic E-state index is -1.08. The SMILES string of the molecule is Cc1ccc(O)c(-c2cc(C(=O)O)nn2C)c1. The van der Waals surface area contributed by atoms with Gasteiger partial charge < -0.3 is 10.2 Å². The van der Waals surface area contributed by atoms with Gasteiger partial charge in [0, 0.05) is 12.6 Å². The van der Waals surface area contributed by atoms with Crippen LogP contribution in [0.15, 0.2) is 24.3 Å². The molecule has 2 N–H and O–H groups in total. The number of aryl methyl sites for hydroxylation is 2. The second-order valence-corrected chi connectivity index (χ2v) is 3.86. The Morgan fingerprint density at radius 3 is 2.65 bits per heavy atom. The average Bonchev–Trinajstić information content (AvgIpc) is 2.64. The number of phenols is 1. The van der Waals surface area contributed by atoms with Gasteiger partial charge in [0.05, 0.1) is 5.69 Å². The molecule has 1 aromatic carbocycles. The summed E-state index contributed by atoms with van der Waals surface area (Å²) in [4.78, 5) is 10.8. The molecule has 0 saturated heterocycles. The molecular weight excluding hydrogens is 220 g/mol. The summed E-state index contributed by atoms with van der Waals surface area (Å²) >= 11 is 0. The number of phenolic OH excluding ortho intramolecular Hbond substituents is 1. The van der Waals surface area contributed by atoms with E-state index in [1.54, 1.807) is 25.2 Å². The van der Waals surface area contributed by atoms with E-state index in [1.807, 2.05) is 6.92 Å². The van der Waals surface area contributed by atoms with E-state index in [1.165, 1.54) is 10.7 Å². The fourth-order valence-electron chi connectivity index (χ4n) is 1.68. The summed E-state index contributed by atoms with van der Waals surface area (Å²) in [7, 11) is 1.64. The first-order valence-electron chi connectivity index (χ1n) is 5.06. The second-order valence-electron chi connectivity index (χ2n) is 3.86. The zero-order valence-electron chi connectivity index (χ0n) is 9.51. The van der Waals surface area contributed by atoms with E-state index in [4.69, 9.17) is 5.11 Å². The van der Waals surface area contributed by atoms with Crippen LogP contribution in [0.1, 0.15) is 16.1 Å². The van der Waals surface area contributed by atoms with E-state index in [0.29, 0.717) is 11.3 Å². The zero-order valence-corrected chi connectivity index (χ0v) is 9.51. The first-order valence-corrected chi connectivity index (χ1v) is 5.06. The number of hydrogen-bond acceptors (Lipinski definition) is 3. The molecule has 0 spiro atoms. The van der Waals surface area contributed by atoms with Gasteiger partial charge >= 0.3 is 5.97 Å². The van der Waals surface area contributed by atoms with E-state index in [9.17, 15) is 9.90 Å². The van der Waals surface area contributed by atoms with E-state index in [0.717, 1.165) is 5.56 Å². The largest absolute Gasteiger partial charge is 0.507 e. The Bertz CT molecular complexity index is 587. The number of aromatic carboxylic acids is 1. The van der Waals surface area contributed by atoms with Gasteiger partial charge in [-0.25, -0.2) is 4.79 Å². The van der Waals surface area contributed by atoms with Crippen LogP contribution in [-0.2, 0) is 7.05 Å². The molecule has 0 bridgehead atoms. The quantitative estimate of drug-likeness (QED) is 0.827. The topological polar surface area (TPSA) is 75.3 Å². The molecule has 0 aliphatic carbocycles. The summed E-state index contributed by atoms with van der Waals surface area (Å²) in [5.41, 5.74) is 2.09. The van der Waals surface area contributed by atoms with Gasteiger partial charge in [0.1, 0.15) is 5.75 Å². The van der Waals surface area contributed by atoms with Crippen molar-refractivity contribution in [1.82, 2.24) is 9.78 Å². The van der Waals surface area contributed by atoms with Crippen molar-refractivity contribution in [1.29, 1.82) is 0 Å². The molecule has 5 nitrogen and oxygen atoms in total. The molecule has 0 atom stereocenters. The Morgan fingerprint density at radius 1 is 1.35 bits per heavy atom. The summed E-state index contributed by atoms with van der Waals surface area (Å²) in [5, 5.41) is 22.5. The number of carbonyl (C=O) groups is 1.